The zero-order valence-corrected chi connectivity index (χ0v) is 9.23. The van der Waals surface area contributed by atoms with E-state index in [-0.39, 0.29) is 15.0 Å². The van der Waals surface area contributed by atoms with E-state index in [1.165, 1.54) is 6.26 Å². The molecular weight excluding hydrogens is 225 g/mol. The van der Waals surface area contributed by atoms with Gasteiger partial charge in [-0.15, -0.1) is 0 Å². The molecule has 1 aromatic carbocycles. The Morgan fingerprint density at radius 1 is 1.56 bits per heavy atom. The molecule has 0 aliphatic carbocycles. The first-order valence-corrected chi connectivity index (χ1v) is 5.57. The average molecular weight is 233 g/mol. The Balaban J connectivity index is 2.43. The highest BCUT2D eigenvalue weighted by Crippen LogP contribution is 2.22. The van der Waals surface area contributed by atoms with Crippen LogP contribution in [-0.2, 0) is 11.2 Å². The van der Waals surface area contributed by atoms with E-state index >= 15 is 0 Å². The molecule has 5 heteroatoms. The average Bonchev–Trinajstić information content (AvgIpc) is 2.61. The Morgan fingerprint density at radius 2 is 2.38 bits per heavy atom. The molecule has 0 aliphatic heterocycles. The predicted molar refractivity (Wildman–Crippen MR) is 61.1 cm³/mol. The summed E-state index contributed by atoms with van der Waals surface area (Å²) in [4.78, 5) is 10.6. The quantitative estimate of drug-likeness (QED) is 0.821. The summed E-state index contributed by atoms with van der Waals surface area (Å²) >= 11 is 0. The van der Waals surface area contributed by atoms with Gasteiger partial charge < -0.3 is 9.52 Å². The SMILES string of the molecule is N#CPc1ccc2c(CC(=O)O)coc2c1. The smallest absolute Gasteiger partial charge is 0.307 e. The van der Waals surface area contributed by atoms with Crippen LogP contribution >= 0.6 is 8.58 Å². The van der Waals surface area contributed by atoms with Gasteiger partial charge in [-0.1, -0.05) is 12.1 Å². The van der Waals surface area contributed by atoms with Crippen molar-refractivity contribution in [2.75, 3.05) is 0 Å². The van der Waals surface area contributed by atoms with Gasteiger partial charge in [0.1, 0.15) is 5.58 Å². The Labute approximate surface area is 93.3 Å². The van der Waals surface area contributed by atoms with Gasteiger partial charge in [-0.05, 0) is 11.4 Å². The zero-order chi connectivity index (χ0) is 11.5. The third-order valence-corrected chi connectivity index (χ3v) is 2.91. The van der Waals surface area contributed by atoms with Gasteiger partial charge in [-0.2, -0.15) is 5.26 Å². The highest BCUT2D eigenvalue weighted by Gasteiger charge is 2.09. The number of carbonyl (C=O) groups is 1. The molecule has 0 radical (unpaired) electrons. The molecule has 0 fully saturated rings. The Hall–Kier alpha value is -1.85. The van der Waals surface area contributed by atoms with E-state index in [0.29, 0.717) is 11.1 Å². The highest BCUT2D eigenvalue weighted by atomic mass is 31.1. The van der Waals surface area contributed by atoms with E-state index in [9.17, 15) is 4.79 Å². The molecule has 0 saturated carbocycles. The topological polar surface area (TPSA) is 74.2 Å². The van der Waals surface area contributed by atoms with Crippen LogP contribution in [0.15, 0.2) is 28.9 Å². The van der Waals surface area contributed by atoms with Gasteiger partial charge in [0.15, 0.2) is 0 Å². The number of rotatable bonds is 3. The van der Waals surface area contributed by atoms with Crippen molar-refractivity contribution in [3.8, 4) is 5.81 Å². The van der Waals surface area contributed by atoms with Gasteiger partial charge in [0, 0.05) is 19.5 Å². The lowest BCUT2D eigenvalue weighted by Crippen LogP contribution is -1.99. The van der Waals surface area contributed by atoms with Crippen molar-refractivity contribution in [3.63, 3.8) is 0 Å². The maximum Gasteiger partial charge on any atom is 0.307 e. The van der Waals surface area contributed by atoms with Crippen molar-refractivity contribution < 1.29 is 14.3 Å². The molecule has 16 heavy (non-hydrogen) atoms. The monoisotopic (exact) mass is 233 g/mol. The molecule has 1 atom stereocenters. The number of carboxylic acids is 1. The second-order valence-electron chi connectivity index (χ2n) is 3.28. The minimum Gasteiger partial charge on any atom is -0.481 e. The van der Waals surface area contributed by atoms with E-state index < -0.39 is 5.97 Å². The number of carboxylic acid groups (broad SMARTS) is 1. The van der Waals surface area contributed by atoms with Crippen molar-refractivity contribution in [3.05, 3.63) is 30.0 Å². The Bertz CT molecular complexity index is 582. The van der Waals surface area contributed by atoms with E-state index in [2.05, 4.69) is 5.81 Å². The van der Waals surface area contributed by atoms with Crippen molar-refractivity contribution in [1.82, 2.24) is 0 Å². The van der Waals surface area contributed by atoms with Gasteiger partial charge in [-0.3, -0.25) is 4.79 Å². The van der Waals surface area contributed by atoms with Crippen LogP contribution in [-0.4, -0.2) is 11.1 Å². The molecule has 0 bridgehead atoms. The first kappa shape index (κ1) is 10.7. The predicted octanol–water partition coefficient (Wildman–Crippen LogP) is 1.84. The fraction of sp³-hybridized carbons (Fsp3) is 0.0909. The summed E-state index contributed by atoms with van der Waals surface area (Å²) < 4.78 is 5.27. The lowest BCUT2D eigenvalue weighted by molar-refractivity contribution is -0.136. The van der Waals surface area contributed by atoms with Crippen LogP contribution in [0, 0.1) is 11.1 Å². The number of nitrogens with zero attached hydrogens (tertiary/aromatic N) is 1. The van der Waals surface area contributed by atoms with Crippen LogP contribution in [0.3, 0.4) is 0 Å². The van der Waals surface area contributed by atoms with Crippen LogP contribution in [0.1, 0.15) is 5.56 Å². The van der Waals surface area contributed by atoms with Crippen LogP contribution in [0.2, 0.25) is 0 Å². The molecule has 4 nitrogen and oxygen atoms in total. The number of hydrogen-bond donors (Lipinski definition) is 1. The number of nitriles is 1. The molecule has 2 rings (SSSR count). The molecule has 1 heterocycles. The first-order valence-electron chi connectivity index (χ1n) is 4.57. The second-order valence-corrected chi connectivity index (χ2v) is 4.33. The lowest BCUT2D eigenvalue weighted by atomic mass is 10.1. The molecule has 0 aliphatic rings. The second kappa shape index (κ2) is 4.34. The highest BCUT2D eigenvalue weighted by molar-refractivity contribution is 7.52. The van der Waals surface area contributed by atoms with E-state index in [4.69, 9.17) is 14.8 Å². The molecule has 1 aromatic heterocycles. The first-order chi connectivity index (χ1) is 7.70. The fourth-order valence-corrected chi connectivity index (χ4v) is 2.02. The zero-order valence-electron chi connectivity index (χ0n) is 8.23. The van der Waals surface area contributed by atoms with Gasteiger partial charge >= 0.3 is 5.97 Å². The molecule has 2 aromatic rings. The third kappa shape index (κ3) is 2.05. The van der Waals surface area contributed by atoms with Crippen molar-refractivity contribution >= 4 is 30.8 Å². The normalized spacial score (nSPS) is 10.9. The maximum absolute atomic E-state index is 10.6. The maximum atomic E-state index is 10.6. The minimum atomic E-state index is -0.884. The van der Waals surface area contributed by atoms with E-state index in [0.717, 1.165) is 10.7 Å². The minimum absolute atomic E-state index is 0.0487. The molecule has 1 N–H and O–H groups in total. The van der Waals surface area contributed by atoms with Crippen LogP contribution in [0.5, 0.6) is 0 Å². The number of benzene rings is 1. The largest absolute Gasteiger partial charge is 0.481 e. The van der Waals surface area contributed by atoms with Gasteiger partial charge in [-0.25, -0.2) is 0 Å². The van der Waals surface area contributed by atoms with Crippen molar-refractivity contribution in [2.45, 2.75) is 6.42 Å². The van der Waals surface area contributed by atoms with Crippen molar-refractivity contribution in [2.24, 2.45) is 0 Å². The summed E-state index contributed by atoms with van der Waals surface area (Å²) in [6, 6.07) is 5.41. The number of hydrogen-bond acceptors (Lipinski definition) is 3. The molecule has 1 unspecified atom stereocenters. The van der Waals surface area contributed by atoms with Gasteiger partial charge in [0.25, 0.3) is 0 Å². The van der Waals surface area contributed by atoms with E-state index in [1.54, 1.807) is 12.1 Å². The van der Waals surface area contributed by atoms with Gasteiger partial charge in [0.05, 0.1) is 18.5 Å². The molecular formula is C11H8NO3P. The van der Waals surface area contributed by atoms with Crippen LogP contribution < -0.4 is 5.30 Å². The molecule has 80 valence electrons. The summed E-state index contributed by atoms with van der Waals surface area (Å²) in [5.74, 6) is 1.20. The fourth-order valence-electron chi connectivity index (χ4n) is 1.53. The summed E-state index contributed by atoms with van der Waals surface area (Å²) in [7, 11) is 0.0849. The summed E-state index contributed by atoms with van der Waals surface area (Å²) in [6.07, 6.45) is 1.41. The number of fused-ring (bicyclic) bond motifs is 1. The Morgan fingerprint density at radius 3 is 3.06 bits per heavy atom. The standard InChI is InChI=1S/C11H8NO3P/c12-6-16-8-1-2-9-7(3-11(13)14)5-15-10(9)4-8/h1-2,4-5,16H,3H2,(H,13,14). The lowest BCUT2D eigenvalue weighted by Gasteiger charge is -1.95. The van der Waals surface area contributed by atoms with E-state index in [1.807, 2.05) is 6.07 Å². The van der Waals surface area contributed by atoms with Crippen molar-refractivity contribution in [1.29, 1.82) is 5.26 Å². The Kier molecular flexibility index (Phi) is 2.89. The summed E-state index contributed by atoms with van der Waals surface area (Å²) in [5.41, 5.74) is 1.30. The summed E-state index contributed by atoms with van der Waals surface area (Å²) in [6.45, 7) is 0. The number of furan rings is 1. The van der Waals surface area contributed by atoms with Gasteiger partial charge in [0.2, 0.25) is 0 Å². The number of aliphatic carboxylic acids is 1. The van der Waals surface area contributed by atoms with Crippen LogP contribution in [0.4, 0.5) is 0 Å². The molecule has 0 amide bonds. The summed E-state index contributed by atoms with van der Waals surface area (Å²) in [5, 5.41) is 19.0. The molecule has 0 spiro atoms. The van der Waals surface area contributed by atoms with Crippen LogP contribution in [0.25, 0.3) is 11.0 Å². The third-order valence-electron chi connectivity index (χ3n) is 2.20. The molecule has 0 saturated heterocycles.